The molecule has 0 bridgehead atoms. The first-order valence-electron chi connectivity index (χ1n) is 6.06. The average molecular weight is 310 g/mol. The highest BCUT2D eigenvalue weighted by Crippen LogP contribution is 2.37. The molecule has 0 spiro atoms. The average Bonchev–Trinajstić information content (AvgIpc) is 3.03. The van der Waals surface area contributed by atoms with E-state index in [1.807, 2.05) is 6.92 Å². The lowest BCUT2D eigenvalue weighted by molar-refractivity contribution is -0.119. The Balaban J connectivity index is 1.88. The zero-order valence-electron chi connectivity index (χ0n) is 11.0. The van der Waals surface area contributed by atoms with Crippen LogP contribution in [0.5, 0.6) is 5.75 Å². The molecule has 0 fully saturated rings. The fourth-order valence-electron chi connectivity index (χ4n) is 2.14. The molecule has 5 nitrogen and oxygen atoms in total. The Hall–Kier alpha value is -1.66. The number of carbonyl (C=O) groups is 1. The third-order valence-corrected chi connectivity index (χ3v) is 4.33. The SMILES string of the molecule is Cc1nnc(N(C)C(=O)C2COc3ccc(Cl)cc32)s1. The molecule has 2 heterocycles. The summed E-state index contributed by atoms with van der Waals surface area (Å²) in [5, 5.41) is 9.93. The molecule has 0 saturated heterocycles. The van der Waals surface area contributed by atoms with E-state index in [1.165, 1.54) is 16.2 Å². The van der Waals surface area contributed by atoms with Gasteiger partial charge in [-0.05, 0) is 25.1 Å². The maximum absolute atomic E-state index is 12.6. The van der Waals surface area contributed by atoms with Crippen LogP contribution in [0, 0.1) is 6.92 Å². The summed E-state index contributed by atoms with van der Waals surface area (Å²) in [6.07, 6.45) is 0. The molecular formula is C13H12ClN3O2S. The van der Waals surface area contributed by atoms with Crippen LogP contribution in [0.3, 0.4) is 0 Å². The summed E-state index contributed by atoms with van der Waals surface area (Å²) in [6.45, 7) is 2.18. The fourth-order valence-corrected chi connectivity index (χ4v) is 2.97. The number of fused-ring (bicyclic) bond motifs is 1. The van der Waals surface area contributed by atoms with Crippen molar-refractivity contribution in [2.24, 2.45) is 0 Å². The second-order valence-electron chi connectivity index (χ2n) is 4.55. The van der Waals surface area contributed by atoms with Crippen molar-refractivity contribution in [3.8, 4) is 5.75 Å². The molecule has 1 aliphatic heterocycles. The third kappa shape index (κ3) is 2.25. The summed E-state index contributed by atoms with van der Waals surface area (Å²) < 4.78 is 5.54. The van der Waals surface area contributed by atoms with E-state index in [1.54, 1.807) is 25.2 Å². The van der Waals surface area contributed by atoms with Gasteiger partial charge in [0.05, 0.1) is 0 Å². The largest absolute Gasteiger partial charge is 0.492 e. The molecular weight excluding hydrogens is 298 g/mol. The van der Waals surface area contributed by atoms with E-state index >= 15 is 0 Å². The van der Waals surface area contributed by atoms with Gasteiger partial charge in [-0.15, -0.1) is 10.2 Å². The van der Waals surface area contributed by atoms with Crippen molar-refractivity contribution < 1.29 is 9.53 Å². The van der Waals surface area contributed by atoms with E-state index in [0.717, 1.165) is 16.3 Å². The van der Waals surface area contributed by atoms with Gasteiger partial charge in [-0.25, -0.2) is 0 Å². The van der Waals surface area contributed by atoms with Crippen LogP contribution in [-0.2, 0) is 4.79 Å². The van der Waals surface area contributed by atoms with Gasteiger partial charge in [0.25, 0.3) is 0 Å². The van der Waals surface area contributed by atoms with Gasteiger partial charge >= 0.3 is 0 Å². The minimum Gasteiger partial charge on any atom is -0.492 e. The summed E-state index contributed by atoms with van der Waals surface area (Å²) in [4.78, 5) is 14.1. The molecule has 1 aliphatic rings. The van der Waals surface area contributed by atoms with E-state index in [2.05, 4.69) is 10.2 Å². The van der Waals surface area contributed by atoms with Crippen LogP contribution < -0.4 is 9.64 Å². The van der Waals surface area contributed by atoms with Gasteiger partial charge < -0.3 is 4.74 Å². The van der Waals surface area contributed by atoms with Crippen molar-refractivity contribution in [1.29, 1.82) is 0 Å². The van der Waals surface area contributed by atoms with Crippen LogP contribution in [-0.4, -0.2) is 29.8 Å². The molecule has 1 aromatic heterocycles. The molecule has 0 radical (unpaired) electrons. The molecule has 1 atom stereocenters. The second kappa shape index (κ2) is 5.03. The van der Waals surface area contributed by atoms with Crippen molar-refractivity contribution in [1.82, 2.24) is 10.2 Å². The lowest BCUT2D eigenvalue weighted by atomic mass is 10.0. The van der Waals surface area contributed by atoms with Gasteiger partial charge in [-0.1, -0.05) is 22.9 Å². The van der Waals surface area contributed by atoms with Gasteiger partial charge in [0.15, 0.2) is 0 Å². The molecule has 3 rings (SSSR count). The number of hydrogen-bond donors (Lipinski definition) is 0. The number of rotatable bonds is 2. The highest BCUT2D eigenvalue weighted by molar-refractivity contribution is 7.15. The van der Waals surface area contributed by atoms with E-state index in [4.69, 9.17) is 16.3 Å². The topological polar surface area (TPSA) is 55.3 Å². The molecule has 0 N–H and O–H groups in total. The third-order valence-electron chi connectivity index (χ3n) is 3.18. The summed E-state index contributed by atoms with van der Waals surface area (Å²) in [6, 6.07) is 5.33. The summed E-state index contributed by atoms with van der Waals surface area (Å²) in [7, 11) is 1.70. The molecule has 2 aromatic rings. The summed E-state index contributed by atoms with van der Waals surface area (Å²) in [5.74, 6) is 0.301. The Bertz CT molecular complexity index is 673. The standard InChI is InChI=1S/C13H12ClN3O2S/c1-7-15-16-13(20-7)17(2)12(18)10-6-19-11-4-3-8(14)5-9(10)11/h3-5,10H,6H2,1-2H3. The molecule has 0 aliphatic carbocycles. The molecule has 1 unspecified atom stereocenters. The van der Waals surface area contributed by atoms with Crippen LogP contribution in [0.4, 0.5) is 5.13 Å². The van der Waals surface area contributed by atoms with Crippen molar-refractivity contribution in [2.45, 2.75) is 12.8 Å². The number of likely N-dealkylation sites (N-methyl/N-ethyl adjacent to an activating group) is 1. The maximum Gasteiger partial charge on any atom is 0.239 e. The van der Waals surface area contributed by atoms with Crippen LogP contribution in [0.15, 0.2) is 18.2 Å². The van der Waals surface area contributed by atoms with Gasteiger partial charge in [0.1, 0.15) is 23.3 Å². The number of ether oxygens (including phenoxy) is 1. The van der Waals surface area contributed by atoms with Crippen LogP contribution >= 0.6 is 22.9 Å². The number of aromatic nitrogens is 2. The molecule has 0 saturated carbocycles. The van der Waals surface area contributed by atoms with Crippen molar-refractivity contribution in [3.05, 3.63) is 33.8 Å². The minimum atomic E-state index is -0.349. The summed E-state index contributed by atoms with van der Waals surface area (Å²) >= 11 is 7.38. The van der Waals surface area contributed by atoms with Crippen molar-refractivity contribution >= 4 is 34.0 Å². The van der Waals surface area contributed by atoms with Gasteiger partial charge in [0.2, 0.25) is 11.0 Å². The number of hydrogen-bond acceptors (Lipinski definition) is 5. The van der Waals surface area contributed by atoms with E-state index in [0.29, 0.717) is 16.8 Å². The van der Waals surface area contributed by atoms with Gasteiger partial charge in [-0.3, -0.25) is 9.69 Å². The highest BCUT2D eigenvalue weighted by Gasteiger charge is 2.33. The zero-order valence-corrected chi connectivity index (χ0v) is 12.5. The van der Waals surface area contributed by atoms with E-state index < -0.39 is 0 Å². The molecule has 1 amide bonds. The number of benzene rings is 1. The Morgan fingerprint density at radius 2 is 2.30 bits per heavy atom. The fraction of sp³-hybridized carbons (Fsp3) is 0.308. The summed E-state index contributed by atoms with van der Waals surface area (Å²) in [5.41, 5.74) is 0.829. The second-order valence-corrected chi connectivity index (χ2v) is 6.14. The first kappa shape index (κ1) is 13.3. The first-order chi connectivity index (χ1) is 9.56. The van der Waals surface area contributed by atoms with E-state index in [9.17, 15) is 4.79 Å². The van der Waals surface area contributed by atoms with Gasteiger partial charge in [0, 0.05) is 17.6 Å². The smallest absolute Gasteiger partial charge is 0.239 e. The molecule has 20 heavy (non-hydrogen) atoms. The quantitative estimate of drug-likeness (QED) is 0.856. The van der Waals surface area contributed by atoms with Crippen molar-refractivity contribution in [2.75, 3.05) is 18.6 Å². The number of carbonyl (C=O) groups excluding carboxylic acids is 1. The van der Waals surface area contributed by atoms with Crippen LogP contribution in [0.25, 0.3) is 0 Å². The Kier molecular flexibility index (Phi) is 3.35. The number of halogens is 1. The number of nitrogens with zero attached hydrogens (tertiary/aromatic N) is 3. The maximum atomic E-state index is 12.6. The van der Waals surface area contributed by atoms with Crippen LogP contribution in [0.2, 0.25) is 5.02 Å². The number of anilines is 1. The monoisotopic (exact) mass is 309 g/mol. The number of aryl methyl sites for hydroxylation is 1. The Labute approximate surface area is 125 Å². The molecule has 1 aromatic carbocycles. The first-order valence-corrected chi connectivity index (χ1v) is 7.25. The molecule has 7 heteroatoms. The predicted octanol–water partition coefficient (Wildman–Crippen LogP) is 2.64. The Morgan fingerprint density at radius 3 is 3.00 bits per heavy atom. The normalized spacial score (nSPS) is 16.6. The lowest BCUT2D eigenvalue weighted by Gasteiger charge is -2.17. The van der Waals surface area contributed by atoms with E-state index in [-0.39, 0.29) is 11.8 Å². The molecule has 104 valence electrons. The Morgan fingerprint density at radius 1 is 1.50 bits per heavy atom. The zero-order chi connectivity index (χ0) is 14.3. The lowest BCUT2D eigenvalue weighted by Crippen LogP contribution is -2.32. The van der Waals surface area contributed by atoms with Crippen LogP contribution in [0.1, 0.15) is 16.5 Å². The number of amides is 1. The minimum absolute atomic E-state index is 0.0674. The highest BCUT2D eigenvalue weighted by atomic mass is 35.5. The predicted molar refractivity (Wildman–Crippen MR) is 77.7 cm³/mol. The van der Waals surface area contributed by atoms with Crippen molar-refractivity contribution in [3.63, 3.8) is 0 Å². The van der Waals surface area contributed by atoms with Gasteiger partial charge in [-0.2, -0.15) is 0 Å².